The summed E-state index contributed by atoms with van der Waals surface area (Å²) >= 11 is 0. The van der Waals surface area contributed by atoms with Gasteiger partial charge >= 0.3 is 5.97 Å². The SMILES string of the molecule is Cc1noc(NS(=O)(=O)Cc2cccc(C(=O)O)c2)c1C. The van der Waals surface area contributed by atoms with Gasteiger partial charge in [-0.2, -0.15) is 0 Å². The first-order valence-electron chi connectivity index (χ1n) is 6.04. The molecule has 1 aromatic heterocycles. The second-order valence-electron chi connectivity index (χ2n) is 4.59. The normalized spacial score (nSPS) is 11.3. The van der Waals surface area contributed by atoms with E-state index in [1.165, 1.54) is 18.2 Å². The molecule has 0 spiro atoms. The Labute approximate surface area is 121 Å². The molecule has 8 heteroatoms. The number of aryl methyl sites for hydroxylation is 1. The number of aromatic carboxylic acids is 1. The highest BCUT2D eigenvalue weighted by atomic mass is 32.2. The Kier molecular flexibility index (Phi) is 3.99. The van der Waals surface area contributed by atoms with E-state index in [2.05, 4.69) is 9.88 Å². The van der Waals surface area contributed by atoms with Gasteiger partial charge in [0, 0.05) is 5.56 Å². The third-order valence-electron chi connectivity index (χ3n) is 2.94. The Balaban J connectivity index is 2.20. The lowest BCUT2D eigenvalue weighted by Gasteiger charge is -2.06. The van der Waals surface area contributed by atoms with Crippen LogP contribution in [0.15, 0.2) is 28.8 Å². The van der Waals surface area contributed by atoms with Crippen LogP contribution in [0.5, 0.6) is 0 Å². The maximum absolute atomic E-state index is 12.1. The summed E-state index contributed by atoms with van der Waals surface area (Å²) in [6.45, 7) is 3.39. The average Bonchev–Trinajstić information content (AvgIpc) is 2.70. The number of carbonyl (C=O) groups is 1. The third kappa shape index (κ3) is 3.60. The molecule has 0 saturated heterocycles. The molecular weight excluding hydrogens is 296 g/mol. The van der Waals surface area contributed by atoms with Gasteiger partial charge < -0.3 is 9.63 Å². The van der Waals surface area contributed by atoms with E-state index in [4.69, 9.17) is 9.63 Å². The molecule has 0 saturated carbocycles. The second-order valence-corrected chi connectivity index (χ2v) is 6.31. The third-order valence-corrected chi connectivity index (χ3v) is 4.15. The molecule has 7 nitrogen and oxygen atoms in total. The topological polar surface area (TPSA) is 110 Å². The molecule has 0 radical (unpaired) electrons. The summed E-state index contributed by atoms with van der Waals surface area (Å²) in [6.07, 6.45) is 0. The number of rotatable bonds is 5. The number of hydrogen-bond acceptors (Lipinski definition) is 5. The van der Waals surface area contributed by atoms with E-state index < -0.39 is 16.0 Å². The van der Waals surface area contributed by atoms with E-state index in [0.29, 0.717) is 16.8 Å². The Morgan fingerprint density at radius 2 is 2.10 bits per heavy atom. The van der Waals surface area contributed by atoms with Crippen LogP contribution in [-0.4, -0.2) is 24.7 Å². The largest absolute Gasteiger partial charge is 0.478 e. The first-order chi connectivity index (χ1) is 9.78. The molecule has 0 fully saturated rings. The van der Waals surface area contributed by atoms with Crippen molar-refractivity contribution in [3.8, 4) is 0 Å². The fourth-order valence-electron chi connectivity index (χ4n) is 1.70. The van der Waals surface area contributed by atoms with Gasteiger partial charge in [-0.3, -0.25) is 4.72 Å². The standard InChI is InChI=1S/C13H14N2O5S/c1-8-9(2)14-20-12(8)15-21(18,19)7-10-4-3-5-11(6-10)13(16)17/h3-6,15H,7H2,1-2H3,(H,16,17). The summed E-state index contributed by atoms with van der Waals surface area (Å²) in [5.74, 6) is -1.39. The Bertz CT molecular complexity index is 780. The van der Waals surface area contributed by atoms with E-state index in [-0.39, 0.29) is 17.2 Å². The number of aromatic nitrogens is 1. The summed E-state index contributed by atoms with van der Waals surface area (Å²) in [4.78, 5) is 10.9. The van der Waals surface area contributed by atoms with Crippen molar-refractivity contribution in [1.82, 2.24) is 5.16 Å². The molecule has 0 aliphatic carbocycles. The van der Waals surface area contributed by atoms with Crippen LogP contribution in [-0.2, 0) is 15.8 Å². The predicted molar refractivity (Wildman–Crippen MR) is 75.6 cm³/mol. The molecule has 2 rings (SSSR count). The van der Waals surface area contributed by atoms with Crippen LogP contribution in [0.1, 0.15) is 27.2 Å². The van der Waals surface area contributed by atoms with E-state index >= 15 is 0 Å². The minimum absolute atomic E-state index is 0.0365. The molecule has 2 N–H and O–H groups in total. The van der Waals surface area contributed by atoms with Crippen molar-refractivity contribution in [2.75, 3.05) is 4.72 Å². The predicted octanol–water partition coefficient (Wildman–Crippen LogP) is 1.93. The van der Waals surface area contributed by atoms with E-state index in [0.717, 1.165) is 0 Å². The fourth-order valence-corrected chi connectivity index (χ4v) is 2.86. The van der Waals surface area contributed by atoms with E-state index in [1.807, 2.05) is 0 Å². The molecular formula is C13H14N2O5S. The van der Waals surface area contributed by atoms with Gasteiger partial charge in [0.15, 0.2) is 0 Å². The van der Waals surface area contributed by atoms with Crippen molar-refractivity contribution in [3.63, 3.8) is 0 Å². The monoisotopic (exact) mass is 310 g/mol. The number of nitrogens with zero attached hydrogens (tertiary/aromatic N) is 1. The number of nitrogens with one attached hydrogen (secondary N) is 1. The highest BCUT2D eigenvalue weighted by Gasteiger charge is 2.18. The number of sulfonamides is 1. The van der Waals surface area contributed by atoms with Crippen molar-refractivity contribution in [2.45, 2.75) is 19.6 Å². The van der Waals surface area contributed by atoms with Gasteiger partial charge in [0.2, 0.25) is 15.9 Å². The maximum atomic E-state index is 12.1. The molecule has 0 aliphatic rings. The van der Waals surface area contributed by atoms with Crippen LogP contribution >= 0.6 is 0 Å². The summed E-state index contributed by atoms with van der Waals surface area (Å²) in [7, 11) is -3.72. The van der Waals surface area contributed by atoms with Gasteiger partial charge in [-0.15, -0.1) is 0 Å². The molecule has 1 aromatic carbocycles. The van der Waals surface area contributed by atoms with E-state index in [1.54, 1.807) is 19.9 Å². The smallest absolute Gasteiger partial charge is 0.335 e. The molecule has 0 unspecified atom stereocenters. The number of hydrogen-bond donors (Lipinski definition) is 2. The zero-order valence-electron chi connectivity index (χ0n) is 11.5. The van der Waals surface area contributed by atoms with Crippen molar-refractivity contribution in [2.24, 2.45) is 0 Å². The lowest BCUT2D eigenvalue weighted by Crippen LogP contribution is -2.15. The second kappa shape index (κ2) is 5.57. The van der Waals surface area contributed by atoms with Crippen molar-refractivity contribution >= 4 is 21.9 Å². The highest BCUT2D eigenvalue weighted by Crippen LogP contribution is 2.20. The van der Waals surface area contributed by atoms with Gasteiger partial charge in [-0.25, -0.2) is 13.2 Å². The van der Waals surface area contributed by atoms with Crippen LogP contribution in [0.2, 0.25) is 0 Å². The Morgan fingerprint density at radius 3 is 2.67 bits per heavy atom. The quantitative estimate of drug-likeness (QED) is 0.873. The molecule has 0 atom stereocenters. The van der Waals surface area contributed by atoms with Crippen LogP contribution in [0, 0.1) is 13.8 Å². The fraction of sp³-hybridized carbons (Fsp3) is 0.231. The molecule has 112 valence electrons. The number of carboxylic acids is 1. The molecule has 0 amide bonds. The summed E-state index contributed by atoms with van der Waals surface area (Å²) in [5.41, 5.74) is 1.61. The number of anilines is 1. The van der Waals surface area contributed by atoms with Crippen LogP contribution in [0.25, 0.3) is 0 Å². The van der Waals surface area contributed by atoms with Gasteiger partial charge in [0.25, 0.3) is 0 Å². The van der Waals surface area contributed by atoms with Gasteiger partial charge in [-0.1, -0.05) is 17.3 Å². The minimum atomic E-state index is -3.72. The zero-order valence-corrected chi connectivity index (χ0v) is 12.3. The summed E-state index contributed by atoms with van der Waals surface area (Å²) in [5, 5.41) is 12.6. The highest BCUT2D eigenvalue weighted by molar-refractivity contribution is 7.91. The lowest BCUT2D eigenvalue weighted by molar-refractivity contribution is 0.0696. The van der Waals surface area contributed by atoms with Gasteiger partial charge in [-0.05, 0) is 31.5 Å². The van der Waals surface area contributed by atoms with Gasteiger partial charge in [0.05, 0.1) is 17.0 Å². The van der Waals surface area contributed by atoms with Crippen LogP contribution in [0.3, 0.4) is 0 Å². The lowest BCUT2D eigenvalue weighted by atomic mass is 10.1. The number of carboxylic acid groups (broad SMARTS) is 1. The summed E-state index contributed by atoms with van der Waals surface area (Å²) < 4.78 is 31.3. The number of benzene rings is 1. The average molecular weight is 310 g/mol. The van der Waals surface area contributed by atoms with Crippen molar-refractivity contribution in [3.05, 3.63) is 46.6 Å². The first kappa shape index (κ1) is 15.0. The van der Waals surface area contributed by atoms with Crippen molar-refractivity contribution in [1.29, 1.82) is 0 Å². The molecule has 21 heavy (non-hydrogen) atoms. The molecule has 0 aliphatic heterocycles. The van der Waals surface area contributed by atoms with Crippen molar-refractivity contribution < 1.29 is 22.8 Å². The van der Waals surface area contributed by atoms with E-state index in [9.17, 15) is 13.2 Å². The zero-order chi connectivity index (χ0) is 15.6. The van der Waals surface area contributed by atoms with Crippen LogP contribution < -0.4 is 4.72 Å². The van der Waals surface area contributed by atoms with Crippen LogP contribution in [0.4, 0.5) is 5.88 Å². The molecule has 0 bridgehead atoms. The van der Waals surface area contributed by atoms with Gasteiger partial charge in [0.1, 0.15) is 0 Å². The summed E-state index contributed by atoms with van der Waals surface area (Å²) in [6, 6.07) is 5.76. The molecule has 1 heterocycles. The molecule has 2 aromatic rings. The minimum Gasteiger partial charge on any atom is -0.478 e. The Morgan fingerprint density at radius 1 is 1.38 bits per heavy atom. The maximum Gasteiger partial charge on any atom is 0.335 e. The Hall–Kier alpha value is -2.35. The first-order valence-corrected chi connectivity index (χ1v) is 7.69.